The summed E-state index contributed by atoms with van der Waals surface area (Å²) < 4.78 is 64.7. The molecule has 97 heavy (non-hydrogen) atoms. The van der Waals surface area contributed by atoms with Crippen LogP contribution in [-0.4, -0.2) is 87.6 Å². The molecule has 11 aromatic rings. The Hall–Kier alpha value is -8.26. The summed E-state index contributed by atoms with van der Waals surface area (Å²) in [5.41, 5.74) is 0. The molecule has 0 spiro atoms. The zero-order valence-electron chi connectivity index (χ0n) is 50.5. The average Bonchev–Trinajstić information content (AvgIpc) is 1.09. The van der Waals surface area contributed by atoms with E-state index in [-0.39, 0.29) is 72.5 Å². The molecule has 0 saturated carbocycles. The zero-order valence-corrected chi connectivity index (χ0v) is 59.6. The van der Waals surface area contributed by atoms with Crippen LogP contribution in [0.25, 0.3) is 0 Å². The summed E-state index contributed by atoms with van der Waals surface area (Å²) >= 11 is 70.2. The maximum Gasteiger partial charge on any atom is 0.328 e. The quantitative estimate of drug-likeness (QED) is 0.0621. The Morgan fingerprint density at radius 3 is 0.866 bits per heavy atom. The molecule has 0 fully saturated rings. The molecule has 0 aliphatic heterocycles. The molecule has 0 unspecified atom stereocenters. The Morgan fingerprint density at radius 2 is 0.536 bits per heavy atom. The van der Waals surface area contributed by atoms with Gasteiger partial charge in [-0.25, -0.2) is 15.0 Å². The average molecular weight is 1560 g/mol. The Morgan fingerprint density at radius 1 is 0.247 bits per heavy atom. The van der Waals surface area contributed by atoms with Gasteiger partial charge in [-0.1, -0.05) is 134 Å². The van der Waals surface area contributed by atoms with Gasteiger partial charge in [-0.2, -0.15) is 24.9 Å². The number of hydrogen-bond donors (Lipinski definition) is 1. The molecule has 1 N–H and O–H groups in total. The van der Waals surface area contributed by atoms with Crippen molar-refractivity contribution in [1.82, 2.24) is 39.9 Å². The van der Waals surface area contributed by atoms with Crippen LogP contribution in [0.2, 0.25) is 61.3 Å². The van der Waals surface area contributed by atoms with Gasteiger partial charge in [0, 0.05) is 54.6 Å². The predicted molar refractivity (Wildman–Crippen MR) is 375 cm³/mol. The van der Waals surface area contributed by atoms with Gasteiger partial charge in [0.1, 0.15) is 95.4 Å². The first kappa shape index (κ1) is 76.1. The first-order valence-electron chi connectivity index (χ1n) is 26.8. The number of benzene rings is 7. The van der Waals surface area contributed by atoms with Crippen molar-refractivity contribution in [3.05, 3.63) is 225 Å². The number of aromatic hydroxyl groups is 1. The van der Waals surface area contributed by atoms with Crippen LogP contribution in [0.4, 0.5) is 0 Å². The molecule has 21 nitrogen and oxygen atoms in total. The highest BCUT2D eigenvalue weighted by molar-refractivity contribution is 6.36. The monoisotopic (exact) mass is 1550 g/mol. The maximum absolute atomic E-state index is 8.95. The molecule has 0 atom stereocenters. The number of nitrogens with zero attached hydrogens (tertiary/aromatic N) is 8. The first-order valence-corrected chi connectivity index (χ1v) is 31.4. The number of aromatic nitrogens is 8. The number of phenolic OH excluding ortho intramolecular Hbond substituents is 1. The van der Waals surface area contributed by atoms with Crippen molar-refractivity contribution in [1.29, 1.82) is 0 Å². The molecule has 0 radical (unpaired) electrons. The van der Waals surface area contributed by atoms with Gasteiger partial charge in [-0.15, -0.1) is 0 Å². The molecule has 33 heteroatoms. The summed E-state index contributed by atoms with van der Waals surface area (Å²) in [6, 6.07) is 44.5. The second-order valence-corrected chi connectivity index (χ2v) is 22.6. The molecular weight excluding hydrogens is 1510 g/mol. The normalized spacial score (nSPS) is 10.2. The van der Waals surface area contributed by atoms with Gasteiger partial charge in [0.2, 0.25) is 34.1 Å². The summed E-state index contributed by atoms with van der Waals surface area (Å²) in [7, 11) is 9.29. The summed E-state index contributed by atoms with van der Waals surface area (Å²) in [6.07, 6.45) is 0. The van der Waals surface area contributed by atoms with E-state index < -0.39 is 0 Å². The third-order valence-electron chi connectivity index (χ3n) is 11.5. The lowest BCUT2D eigenvalue weighted by molar-refractivity contribution is 0.385. The van der Waals surface area contributed by atoms with Crippen molar-refractivity contribution in [2.24, 2.45) is 0 Å². The molecule has 11 rings (SSSR count). The highest BCUT2D eigenvalue weighted by Gasteiger charge is 2.17. The van der Waals surface area contributed by atoms with Crippen molar-refractivity contribution in [2.45, 2.75) is 0 Å². The minimum atomic E-state index is -0.0331. The van der Waals surface area contributed by atoms with E-state index in [0.29, 0.717) is 99.1 Å². The summed E-state index contributed by atoms with van der Waals surface area (Å²) in [5.74, 6) is 6.84. The summed E-state index contributed by atoms with van der Waals surface area (Å²) in [6.45, 7) is 0. The fourth-order valence-electron chi connectivity index (χ4n) is 7.01. The van der Waals surface area contributed by atoms with Crippen molar-refractivity contribution < 1.29 is 61.9 Å². The van der Waals surface area contributed by atoms with E-state index in [1.54, 1.807) is 158 Å². The number of phenols is 1. The van der Waals surface area contributed by atoms with Crippen LogP contribution in [0.3, 0.4) is 0 Å². The topological polar surface area (TPSA) is 234 Å². The lowest BCUT2D eigenvalue weighted by Crippen LogP contribution is -1.98. The summed E-state index contributed by atoms with van der Waals surface area (Å²) in [5, 5.41) is 11.9. The van der Waals surface area contributed by atoms with E-state index in [0.717, 1.165) is 0 Å². The molecule has 4 aromatic heterocycles. The standard InChI is InChI=1S/C24H18Cl2N2O5.C18H13Cl3N2O4.C11H7Cl3N2O2.C7H7ClO2.C4HCl3N2/c1-29-16-8-10-20(18(25)12-16)32-22-14-23(33-21-11-9-17(30-2)13-19(21)26)28-24(27-22)31-15-6-4-3-5-7-15;1-24-10-3-5-14(12(19)7-10)26-17-9-16(21)22-18(23-17)27-15-6-4-11(25-2)8-13(15)20;1-17-6-2-3-8(7(12)4-6)18-10-5-9(13)15-11(14)16-10;1-10-5-2-3-7(9)6(8)4-5;5-2-1-3(6)9-4(7)8-2/h3-14H,1-2H3;3-9H,1-2H3;2-5H,1H3;2-4,9H,1H3;1H. The number of rotatable bonds is 18. The van der Waals surface area contributed by atoms with Gasteiger partial charge in [0.25, 0.3) is 0 Å². The number of methoxy groups -OCH3 is 6. The van der Waals surface area contributed by atoms with Gasteiger partial charge in [-0.05, 0) is 108 Å². The van der Waals surface area contributed by atoms with Gasteiger partial charge in [-0.3, -0.25) is 0 Å². The van der Waals surface area contributed by atoms with Gasteiger partial charge < -0.3 is 61.9 Å². The molecular formula is C64H46Cl12N8O13. The summed E-state index contributed by atoms with van der Waals surface area (Å²) in [4.78, 5) is 31.5. The number of hydrogen-bond acceptors (Lipinski definition) is 21. The predicted octanol–water partition coefficient (Wildman–Crippen LogP) is 21.9. The molecule has 4 heterocycles. The van der Waals surface area contributed by atoms with Crippen molar-refractivity contribution in [3.63, 3.8) is 0 Å². The highest BCUT2D eigenvalue weighted by atomic mass is 35.5. The first-order chi connectivity index (χ1) is 46.5. The molecule has 0 aliphatic carbocycles. The molecule has 0 amide bonds. The van der Waals surface area contributed by atoms with Crippen LogP contribution in [0.15, 0.2) is 164 Å². The van der Waals surface area contributed by atoms with Crippen molar-refractivity contribution >= 4 is 139 Å². The number of para-hydroxylation sites is 1. The van der Waals surface area contributed by atoms with E-state index in [9.17, 15) is 0 Å². The van der Waals surface area contributed by atoms with Crippen LogP contribution >= 0.6 is 139 Å². The molecule has 0 aliphatic rings. The molecule has 504 valence electrons. The second-order valence-electron chi connectivity index (χ2n) is 17.9. The van der Waals surface area contributed by atoms with Crippen LogP contribution < -0.4 is 56.8 Å². The van der Waals surface area contributed by atoms with E-state index >= 15 is 0 Å². The minimum Gasteiger partial charge on any atom is -0.506 e. The van der Waals surface area contributed by atoms with Crippen molar-refractivity contribution in [3.8, 4) is 110 Å². The fraction of sp³-hybridized carbons (Fsp3) is 0.0938. The van der Waals surface area contributed by atoms with E-state index in [1.807, 2.05) is 18.2 Å². The Bertz CT molecular complexity index is 4230. The van der Waals surface area contributed by atoms with Gasteiger partial charge in [0.15, 0.2) is 0 Å². The third kappa shape index (κ3) is 24.7. The Balaban J connectivity index is 0.000000185. The Labute approximate surface area is 614 Å². The number of ether oxygens (including phenoxy) is 12. The van der Waals surface area contributed by atoms with Gasteiger partial charge >= 0.3 is 12.0 Å². The lowest BCUT2D eigenvalue weighted by Gasteiger charge is -2.12. The minimum absolute atomic E-state index is 0.00198. The SMILES string of the molecule is COc1ccc(O)c(Cl)c1.COc1ccc(Oc2cc(Cl)nc(Cl)n2)c(Cl)c1.COc1ccc(Oc2cc(Cl)nc(Oc3ccc(OC)cc3Cl)n2)c(Cl)c1.COc1ccc(Oc2cc(Oc3ccc(OC)cc3Cl)nc(Oc3ccccc3)n2)c(Cl)c1.Clc1cc(Cl)nc(Cl)n1. The van der Waals surface area contributed by atoms with Crippen LogP contribution in [0.5, 0.6) is 110 Å². The Kier molecular flexibility index (Phi) is 29.8. The number of halogens is 12. The third-order valence-corrected chi connectivity index (χ3v) is 14.3. The largest absolute Gasteiger partial charge is 0.506 e. The zero-order chi connectivity index (χ0) is 70.1. The lowest BCUT2D eigenvalue weighted by atomic mass is 10.3. The van der Waals surface area contributed by atoms with E-state index in [2.05, 4.69) is 39.9 Å². The van der Waals surface area contributed by atoms with E-state index in [4.69, 9.17) is 201 Å². The fourth-order valence-corrected chi connectivity index (χ4v) is 9.47. The molecule has 7 aromatic carbocycles. The van der Waals surface area contributed by atoms with Crippen LogP contribution in [-0.2, 0) is 0 Å². The highest BCUT2D eigenvalue weighted by Crippen LogP contribution is 2.40. The molecule has 0 bridgehead atoms. The molecule has 0 saturated heterocycles. The van der Waals surface area contributed by atoms with Crippen LogP contribution in [0, 0.1) is 0 Å². The van der Waals surface area contributed by atoms with Crippen molar-refractivity contribution in [2.75, 3.05) is 42.7 Å². The maximum atomic E-state index is 8.95. The van der Waals surface area contributed by atoms with Gasteiger partial charge in [0.05, 0.1) is 78.9 Å². The second kappa shape index (κ2) is 38.0. The smallest absolute Gasteiger partial charge is 0.328 e. The van der Waals surface area contributed by atoms with E-state index in [1.165, 1.54) is 30.3 Å². The van der Waals surface area contributed by atoms with Crippen LogP contribution in [0.1, 0.15) is 0 Å².